The average Bonchev–Trinajstić information content (AvgIpc) is 3.18. The Balaban J connectivity index is 0.00000323. The highest BCUT2D eigenvalue weighted by atomic mass is 35.5. The molecule has 0 unspecified atom stereocenters. The fraction of sp³-hybridized carbons (Fsp3) is 0.567. The lowest BCUT2D eigenvalue weighted by Crippen LogP contribution is -2.56. The van der Waals surface area contributed by atoms with Gasteiger partial charge in [-0.15, -0.1) is 24.8 Å². The number of piperazine rings is 1. The Labute approximate surface area is 261 Å². The number of carbonyl (C=O) groups is 1. The van der Waals surface area contributed by atoms with Crippen LogP contribution in [-0.2, 0) is 23.5 Å². The van der Waals surface area contributed by atoms with E-state index in [4.69, 9.17) is 4.74 Å². The van der Waals surface area contributed by atoms with Crippen LogP contribution >= 0.6 is 24.8 Å². The van der Waals surface area contributed by atoms with Crippen molar-refractivity contribution in [2.45, 2.75) is 51.5 Å². The van der Waals surface area contributed by atoms with E-state index in [1.165, 1.54) is 4.90 Å². The molecule has 2 fully saturated rings. The van der Waals surface area contributed by atoms with Gasteiger partial charge >= 0.3 is 12.4 Å². The van der Waals surface area contributed by atoms with E-state index in [9.17, 15) is 31.1 Å². The minimum Gasteiger partial charge on any atom is -0.380 e. The van der Waals surface area contributed by atoms with Gasteiger partial charge in [-0.3, -0.25) is 9.69 Å². The summed E-state index contributed by atoms with van der Waals surface area (Å²) in [7, 11) is 0. The van der Waals surface area contributed by atoms with Crippen molar-refractivity contribution in [3.8, 4) is 0 Å². The number of hydrogen-bond donors (Lipinski definition) is 0. The van der Waals surface area contributed by atoms with E-state index in [0.717, 1.165) is 62.3 Å². The van der Waals surface area contributed by atoms with Gasteiger partial charge in [-0.25, -0.2) is 0 Å². The minimum atomic E-state index is -5.02. The van der Waals surface area contributed by atoms with Gasteiger partial charge in [0.2, 0.25) is 0 Å². The number of rotatable bonds is 7. The molecule has 13 heteroatoms. The predicted octanol–water partition coefficient (Wildman–Crippen LogP) is 6.67. The molecule has 2 aromatic carbocycles. The van der Waals surface area contributed by atoms with Crippen LogP contribution in [0.4, 0.5) is 26.3 Å². The molecule has 5 nitrogen and oxygen atoms in total. The Hall–Kier alpha value is -2.05. The Morgan fingerprint density at radius 3 is 2.09 bits per heavy atom. The molecule has 2 aliphatic heterocycles. The third kappa shape index (κ3) is 10.2. The van der Waals surface area contributed by atoms with Crippen molar-refractivity contribution in [2.75, 3.05) is 59.0 Å². The first kappa shape index (κ1) is 37.1. The first-order valence-corrected chi connectivity index (χ1v) is 14.0. The van der Waals surface area contributed by atoms with Crippen molar-refractivity contribution in [3.63, 3.8) is 0 Å². The molecule has 242 valence electrons. The molecule has 0 bridgehead atoms. The molecule has 0 aromatic heterocycles. The minimum absolute atomic E-state index is 0. The van der Waals surface area contributed by atoms with Crippen LogP contribution in [0.5, 0.6) is 0 Å². The molecule has 2 aromatic rings. The lowest BCUT2D eigenvalue weighted by molar-refractivity contribution is -0.143. The standard InChI is InChI=1S/C30H37F6N3O2.2ClH/c1-21-5-6-23(15-22(21)2)16-27-20-38(8-3-7-37-9-4-13-41-14-12-37)10-11-39(27)28(40)24-17-25(29(31,32)33)19-26(18-24)30(34,35)36;;/h5-6,15,17-19,27H,3-4,7-14,16,20H2,1-2H3;2*1H/t27-;;/m1../s1. The van der Waals surface area contributed by atoms with Gasteiger partial charge in [0.05, 0.1) is 17.7 Å². The number of ether oxygens (including phenoxy) is 1. The fourth-order valence-corrected chi connectivity index (χ4v) is 5.55. The third-order valence-corrected chi connectivity index (χ3v) is 7.97. The first-order chi connectivity index (χ1) is 19.3. The van der Waals surface area contributed by atoms with Crippen molar-refractivity contribution in [1.29, 1.82) is 0 Å². The van der Waals surface area contributed by atoms with E-state index in [1.54, 1.807) is 0 Å². The highest BCUT2D eigenvalue weighted by Gasteiger charge is 2.39. The normalized spacial score (nSPS) is 18.9. The molecule has 4 rings (SSSR count). The Morgan fingerprint density at radius 2 is 1.47 bits per heavy atom. The highest BCUT2D eigenvalue weighted by Crippen LogP contribution is 2.37. The summed E-state index contributed by atoms with van der Waals surface area (Å²) >= 11 is 0. The maximum atomic E-state index is 13.6. The number of halogens is 8. The van der Waals surface area contributed by atoms with Crippen LogP contribution < -0.4 is 0 Å². The molecule has 1 amide bonds. The second-order valence-corrected chi connectivity index (χ2v) is 11.0. The van der Waals surface area contributed by atoms with Crippen LogP contribution in [-0.4, -0.2) is 85.7 Å². The number of nitrogens with zero attached hydrogens (tertiary/aromatic N) is 3. The summed E-state index contributed by atoms with van der Waals surface area (Å²) in [5.74, 6) is -0.820. The number of carbonyl (C=O) groups excluding carboxylic acids is 1. The molecule has 0 saturated carbocycles. The largest absolute Gasteiger partial charge is 0.416 e. The molecule has 0 radical (unpaired) electrons. The van der Waals surface area contributed by atoms with Crippen molar-refractivity contribution in [3.05, 3.63) is 69.8 Å². The molecule has 2 aliphatic rings. The summed E-state index contributed by atoms with van der Waals surface area (Å²) in [5.41, 5.74) is -0.439. The molecule has 0 aliphatic carbocycles. The van der Waals surface area contributed by atoms with Crippen molar-refractivity contribution >= 4 is 30.7 Å². The van der Waals surface area contributed by atoms with E-state index >= 15 is 0 Å². The van der Waals surface area contributed by atoms with E-state index in [0.29, 0.717) is 38.2 Å². The summed E-state index contributed by atoms with van der Waals surface area (Å²) < 4.78 is 86.5. The fourth-order valence-electron chi connectivity index (χ4n) is 5.55. The summed E-state index contributed by atoms with van der Waals surface area (Å²) in [5, 5.41) is 0. The van der Waals surface area contributed by atoms with Crippen LogP contribution in [0.15, 0.2) is 36.4 Å². The number of aryl methyl sites for hydroxylation is 2. The second kappa shape index (κ2) is 15.8. The third-order valence-electron chi connectivity index (χ3n) is 7.97. The quantitative estimate of drug-likeness (QED) is 0.312. The molecule has 0 N–H and O–H groups in total. The summed E-state index contributed by atoms with van der Waals surface area (Å²) in [6.45, 7) is 10.2. The molecule has 1 atom stereocenters. The SMILES string of the molecule is Cc1ccc(C[C@@H]2CN(CCCN3CCCOCC3)CCN2C(=O)c2cc(C(F)(F)F)cc(C(F)(F)F)c2)cc1C.Cl.Cl. The Bertz CT molecular complexity index is 1170. The number of benzene rings is 2. The molecular weight excluding hydrogens is 619 g/mol. The van der Waals surface area contributed by atoms with E-state index in [2.05, 4.69) is 9.80 Å². The zero-order chi connectivity index (χ0) is 29.8. The van der Waals surface area contributed by atoms with Gasteiger partial charge in [0.25, 0.3) is 5.91 Å². The van der Waals surface area contributed by atoms with Crippen LogP contribution in [0, 0.1) is 13.8 Å². The predicted molar refractivity (Wildman–Crippen MR) is 158 cm³/mol. The molecule has 43 heavy (non-hydrogen) atoms. The van der Waals surface area contributed by atoms with Crippen LogP contribution in [0.1, 0.15) is 51.0 Å². The molecule has 0 spiro atoms. The van der Waals surface area contributed by atoms with Crippen molar-refractivity contribution < 1.29 is 35.9 Å². The van der Waals surface area contributed by atoms with E-state index in [1.807, 2.05) is 32.0 Å². The molecular formula is C30H39Cl2F6N3O2. The van der Waals surface area contributed by atoms with E-state index in [-0.39, 0.29) is 37.4 Å². The number of amides is 1. The Kier molecular flexibility index (Phi) is 13.6. The van der Waals surface area contributed by atoms with Crippen LogP contribution in [0.2, 0.25) is 0 Å². The molecule has 2 saturated heterocycles. The number of alkyl halides is 6. The monoisotopic (exact) mass is 657 g/mol. The topological polar surface area (TPSA) is 36.0 Å². The Morgan fingerprint density at radius 1 is 0.814 bits per heavy atom. The van der Waals surface area contributed by atoms with Crippen LogP contribution in [0.3, 0.4) is 0 Å². The zero-order valence-electron chi connectivity index (χ0n) is 24.3. The van der Waals surface area contributed by atoms with Gasteiger partial charge in [-0.1, -0.05) is 18.2 Å². The summed E-state index contributed by atoms with van der Waals surface area (Å²) in [6.07, 6.45) is -7.70. The number of hydrogen-bond acceptors (Lipinski definition) is 4. The first-order valence-electron chi connectivity index (χ1n) is 14.0. The van der Waals surface area contributed by atoms with Gasteiger partial charge in [0.15, 0.2) is 0 Å². The molecule has 2 heterocycles. The maximum Gasteiger partial charge on any atom is 0.416 e. The van der Waals surface area contributed by atoms with Gasteiger partial charge in [-0.2, -0.15) is 26.3 Å². The van der Waals surface area contributed by atoms with E-state index < -0.39 is 41.0 Å². The zero-order valence-corrected chi connectivity index (χ0v) is 25.9. The van der Waals surface area contributed by atoms with Gasteiger partial charge in [0, 0.05) is 50.9 Å². The lowest BCUT2D eigenvalue weighted by Gasteiger charge is -2.42. The second-order valence-electron chi connectivity index (χ2n) is 11.0. The summed E-state index contributed by atoms with van der Waals surface area (Å²) in [4.78, 5) is 19.6. The lowest BCUT2D eigenvalue weighted by atomic mass is 9.97. The maximum absolute atomic E-state index is 13.6. The van der Waals surface area contributed by atoms with Gasteiger partial charge in [0.1, 0.15) is 0 Å². The van der Waals surface area contributed by atoms with Crippen LogP contribution in [0.25, 0.3) is 0 Å². The van der Waals surface area contributed by atoms with Gasteiger partial charge in [-0.05, 0) is 81.1 Å². The highest BCUT2D eigenvalue weighted by molar-refractivity contribution is 5.95. The van der Waals surface area contributed by atoms with Crippen molar-refractivity contribution in [2.24, 2.45) is 0 Å². The smallest absolute Gasteiger partial charge is 0.380 e. The summed E-state index contributed by atoms with van der Waals surface area (Å²) in [6, 6.07) is 6.66. The van der Waals surface area contributed by atoms with Crippen molar-refractivity contribution in [1.82, 2.24) is 14.7 Å². The average molecular weight is 659 g/mol. The van der Waals surface area contributed by atoms with Gasteiger partial charge < -0.3 is 14.5 Å².